The Morgan fingerprint density at radius 3 is 2.62 bits per heavy atom. The third kappa shape index (κ3) is 5.67. The van der Waals surface area contributed by atoms with Gasteiger partial charge in [0.2, 0.25) is 5.91 Å². The van der Waals surface area contributed by atoms with Gasteiger partial charge >= 0.3 is 0 Å². The lowest BCUT2D eigenvalue weighted by atomic mass is 9.99. The summed E-state index contributed by atoms with van der Waals surface area (Å²) in [5, 5.41) is 5.85. The number of halogens is 2. The zero-order valence-corrected chi connectivity index (χ0v) is 15.0. The van der Waals surface area contributed by atoms with Crippen molar-refractivity contribution in [2.45, 2.75) is 13.3 Å². The van der Waals surface area contributed by atoms with E-state index in [1.807, 2.05) is 0 Å². The van der Waals surface area contributed by atoms with Gasteiger partial charge < -0.3 is 10.6 Å². The second kappa shape index (κ2) is 9.10. The third-order valence-corrected chi connectivity index (χ3v) is 4.04. The summed E-state index contributed by atoms with van der Waals surface area (Å²) in [6, 6.07) is 8.58. The van der Waals surface area contributed by atoms with Crippen molar-refractivity contribution in [2.75, 3.05) is 11.9 Å². The minimum absolute atomic E-state index is 0.227. The van der Waals surface area contributed by atoms with E-state index in [2.05, 4.69) is 22.2 Å². The lowest BCUT2D eigenvalue weighted by Gasteiger charge is -2.15. The molecule has 136 valence electrons. The SMILES string of the molecule is C=C(CCNC(=O)c1cc(Cl)ccn1)C(C)C(=O)Nc1ccc(F)cc1. The summed E-state index contributed by atoms with van der Waals surface area (Å²) >= 11 is 5.83. The van der Waals surface area contributed by atoms with Crippen LogP contribution in [0.5, 0.6) is 0 Å². The highest BCUT2D eigenvalue weighted by Gasteiger charge is 2.17. The van der Waals surface area contributed by atoms with E-state index < -0.39 is 5.92 Å². The van der Waals surface area contributed by atoms with Crippen molar-refractivity contribution >= 4 is 29.1 Å². The molecule has 1 heterocycles. The van der Waals surface area contributed by atoms with Crippen LogP contribution < -0.4 is 10.6 Å². The van der Waals surface area contributed by atoms with Crippen molar-refractivity contribution in [3.63, 3.8) is 0 Å². The third-order valence-electron chi connectivity index (χ3n) is 3.80. The Hall–Kier alpha value is -2.73. The van der Waals surface area contributed by atoms with E-state index in [-0.39, 0.29) is 23.3 Å². The Labute approximate surface area is 156 Å². The number of anilines is 1. The summed E-state index contributed by atoms with van der Waals surface area (Å²) < 4.78 is 12.9. The Kier molecular flexibility index (Phi) is 6.86. The van der Waals surface area contributed by atoms with Crippen LogP contribution >= 0.6 is 11.6 Å². The number of pyridine rings is 1. The zero-order chi connectivity index (χ0) is 19.1. The molecule has 26 heavy (non-hydrogen) atoms. The predicted octanol–water partition coefficient (Wildman–Crippen LogP) is 3.83. The van der Waals surface area contributed by atoms with Crippen LogP contribution in [0, 0.1) is 11.7 Å². The second-order valence-electron chi connectivity index (χ2n) is 5.74. The molecule has 0 aliphatic carbocycles. The van der Waals surface area contributed by atoms with Crippen molar-refractivity contribution in [1.82, 2.24) is 10.3 Å². The number of rotatable bonds is 7. The summed E-state index contributed by atoms with van der Waals surface area (Å²) in [4.78, 5) is 28.1. The van der Waals surface area contributed by atoms with Gasteiger partial charge in [-0.15, -0.1) is 0 Å². The maximum absolute atomic E-state index is 12.9. The van der Waals surface area contributed by atoms with Gasteiger partial charge in [0.05, 0.1) is 5.92 Å². The van der Waals surface area contributed by atoms with E-state index in [0.29, 0.717) is 29.2 Å². The lowest BCUT2D eigenvalue weighted by Crippen LogP contribution is -2.27. The molecular weight excluding hydrogens is 357 g/mol. The first-order valence-electron chi connectivity index (χ1n) is 8.00. The van der Waals surface area contributed by atoms with Crippen molar-refractivity contribution in [2.24, 2.45) is 5.92 Å². The Morgan fingerprint density at radius 2 is 1.96 bits per heavy atom. The number of carbonyl (C=O) groups is 2. The number of nitrogens with one attached hydrogen (secondary N) is 2. The van der Waals surface area contributed by atoms with Gasteiger partial charge in [0.1, 0.15) is 11.5 Å². The van der Waals surface area contributed by atoms with Crippen molar-refractivity contribution in [3.05, 3.63) is 71.3 Å². The fourth-order valence-corrected chi connectivity index (χ4v) is 2.30. The molecule has 1 aromatic heterocycles. The molecule has 2 N–H and O–H groups in total. The standard InChI is InChI=1S/C19H19ClFN3O2/c1-12(7-9-23-19(26)17-11-14(20)8-10-22-17)13(2)18(25)24-16-5-3-15(21)4-6-16/h3-6,8,10-11,13H,1,7,9H2,2H3,(H,23,26)(H,24,25). The fraction of sp³-hybridized carbons (Fsp3) is 0.211. The Bertz CT molecular complexity index is 809. The normalized spacial score (nSPS) is 11.5. The second-order valence-corrected chi connectivity index (χ2v) is 6.18. The van der Waals surface area contributed by atoms with Crippen LogP contribution in [0.15, 0.2) is 54.7 Å². The number of hydrogen-bond acceptors (Lipinski definition) is 3. The average molecular weight is 376 g/mol. The van der Waals surface area contributed by atoms with Gasteiger partial charge in [-0.25, -0.2) is 4.39 Å². The smallest absolute Gasteiger partial charge is 0.269 e. The highest BCUT2D eigenvalue weighted by Crippen LogP contribution is 2.16. The molecule has 1 aromatic carbocycles. The summed E-state index contributed by atoms with van der Waals surface area (Å²) in [7, 11) is 0. The average Bonchev–Trinajstić information content (AvgIpc) is 2.62. The summed E-state index contributed by atoms with van der Waals surface area (Å²) in [5.74, 6) is -1.42. The molecule has 1 unspecified atom stereocenters. The molecular formula is C19H19ClFN3O2. The molecule has 0 saturated carbocycles. The number of benzene rings is 1. The van der Waals surface area contributed by atoms with Crippen LogP contribution in [0.4, 0.5) is 10.1 Å². The van der Waals surface area contributed by atoms with Gasteiger partial charge in [-0.1, -0.05) is 23.8 Å². The first kappa shape index (κ1) is 19.6. The Morgan fingerprint density at radius 1 is 1.27 bits per heavy atom. The number of hydrogen-bond donors (Lipinski definition) is 2. The molecule has 0 saturated heterocycles. The largest absolute Gasteiger partial charge is 0.350 e. The van der Waals surface area contributed by atoms with Crippen molar-refractivity contribution in [3.8, 4) is 0 Å². The predicted molar refractivity (Wildman–Crippen MR) is 99.5 cm³/mol. The number of amides is 2. The molecule has 1 atom stereocenters. The molecule has 0 spiro atoms. The van der Waals surface area contributed by atoms with Gasteiger partial charge in [0.25, 0.3) is 5.91 Å². The van der Waals surface area contributed by atoms with E-state index in [0.717, 1.165) is 0 Å². The van der Waals surface area contributed by atoms with Gasteiger partial charge in [-0.05, 0) is 49.7 Å². The lowest BCUT2D eigenvalue weighted by molar-refractivity contribution is -0.118. The minimum Gasteiger partial charge on any atom is -0.350 e. The van der Waals surface area contributed by atoms with Crippen LogP contribution in [0.2, 0.25) is 5.02 Å². The topological polar surface area (TPSA) is 71.1 Å². The van der Waals surface area contributed by atoms with E-state index in [9.17, 15) is 14.0 Å². The Balaban J connectivity index is 1.80. The van der Waals surface area contributed by atoms with E-state index >= 15 is 0 Å². The van der Waals surface area contributed by atoms with Crippen LogP contribution in [0.1, 0.15) is 23.8 Å². The van der Waals surface area contributed by atoms with Gasteiger partial charge in [0.15, 0.2) is 0 Å². The number of aromatic nitrogens is 1. The van der Waals surface area contributed by atoms with Crippen LogP contribution in [0.3, 0.4) is 0 Å². The molecule has 0 radical (unpaired) electrons. The molecule has 0 aliphatic heterocycles. The monoisotopic (exact) mass is 375 g/mol. The minimum atomic E-state index is -0.457. The molecule has 2 aromatic rings. The maximum Gasteiger partial charge on any atom is 0.269 e. The molecule has 5 nitrogen and oxygen atoms in total. The molecule has 7 heteroatoms. The van der Waals surface area contributed by atoms with Crippen LogP contribution in [-0.2, 0) is 4.79 Å². The van der Waals surface area contributed by atoms with Crippen LogP contribution in [-0.4, -0.2) is 23.3 Å². The van der Waals surface area contributed by atoms with Gasteiger partial charge in [-0.3, -0.25) is 14.6 Å². The number of carbonyl (C=O) groups excluding carboxylic acids is 2. The summed E-state index contributed by atoms with van der Waals surface area (Å²) in [5.41, 5.74) is 1.41. The first-order chi connectivity index (χ1) is 12.4. The van der Waals surface area contributed by atoms with E-state index in [1.165, 1.54) is 36.5 Å². The maximum atomic E-state index is 12.9. The van der Waals surface area contributed by atoms with E-state index in [1.54, 1.807) is 13.0 Å². The first-order valence-corrected chi connectivity index (χ1v) is 8.38. The molecule has 0 aliphatic rings. The van der Waals surface area contributed by atoms with Crippen molar-refractivity contribution < 1.29 is 14.0 Å². The number of nitrogens with zero attached hydrogens (tertiary/aromatic N) is 1. The zero-order valence-electron chi connectivity index (χ0n) is 14.3. The van der Waals surface area contributed by atoms with E-state index in [4.69, 9.17) is 11.6 Å². The summed E-state index contributed by atoms with van der Waals surface area (Å²) in [6.45, 7) is 5.95. The van der Waals surface area contributed by atoms with Crippen molar-refractivity contribution in [1.29, 1.82) is 0 Å². The van der Waals surface area contributed by atoms with Gasteiger partial charge in [-0.2, -0.15) is 0 Å². The van der Waals surface area contributed by atoms with Gasteiger partial charge in [0, 0.05) is 23.5 Å². The molecule has 2 rings (SSSR count). The van der Waals surface area contributed by atoms with Crippen LogP contribution in [0.25, 0.3) is 0 Å². The molecule has 0 fully saturated rings. The molecule has 0 bridgehead atoms. The highest BCUT2D eigenvalue weighted by molar-refractivity contribution is 6.30. The fourth-order valence-electron chi connectivity index (χ4n) is 2.14. The summed E-state index contributed by atoms with van der Waals surface area (Å²) in [6.07, 6.45) is 1.89. The highest BCUT2D eigenvalue weighted by atomic mass is 35.5. The molecule has 2 amide bonds. The quantitative estimate of drug-likeness (QED) is 0.722.